The van der Waals surface area contributed by atoms with Crippen LogP contribution in [0.1, 0.15) is 50.8 Å². The standard InChI is InChI=1S/C32H43ClN8S/c1-32(2,3)40-14-12-25(13-15-40)41-20-28(38-39-41)30(22-10-8-7-9-11-22)37-24-16-26-29(36-21-42(4,5)6)23(18-34)19-35-31(26)27(33)17-24/h7-11,16-17,19-20,25,30,37-39H,12-15,21H2,1-6H3,(H,35,36)/t30-/m0/s1. The molecule has 0 radical (unpaired) electrons. The van der Waals surface area contributed by atoms with Crippen LogP contribution in [0.25, 0.3) is 10.9 Å². The summed E-state index contributed by atoms with van der Waals surface area (Å²) in [4.78, 5) is 7.10. The first kappa shape index (κ1) is 30.3. The van der Waals surface area contributed by atoms with Crippen LogP contribution in [0.5, 0.6) is 0 Å². The number of nitriles is 1. The third-order valence-electron chi connectivity index (χ3n) is 7.90. The summed E-state index contributed by atoms with van der Waals surface area (Å²) >= 11 is 6.81. The van der Waals surface area contributed by atoms with Crippen molar-refractivity contribution >= 4 is 43.9 Å². The molecule has 5 rings (SSSR count). The van der Waals surface area contributed by atoms with Crippen molar-refractivity contribution in [1.29, 1.82) is 5.26 Å². The molecule has 8 nitrogen and oxygen atoms in total. The summed E-state index contributed by atoms with van der Waals surface area (Å²) in [5, 5.41) is 20.7. The SMILES string of the molecule is CC(C)(C)N1CCC(N2C=C([C@@H](Nc3cc(Cl)c4ncc(C#N)c(NCS(C)(C)C)c4c3)c3ccccc3)NN2)CC1. The molecule has 2 aliphatic rings. The van der Waals surface area contributed by atoms with Crippen molar-refractivity contribution in [3.63, 3.8) is 0 Å². The van der Waals surface area contributed by atoms with Crippen molar-refractivity contribution in [2.24, 2.45) is 0 Å². The smallest absolute Gasteiger partial charge is 0.103 e. The number of fused-ring (bicyclic) bond motifs is 1. The predicted molar refractivity (Wildman–Crippen MR) is 179 cm³/mol. The number of likely N-dealkylation sites (tertiary alicyclic amines) is 1. The van der Waals surface area contributed by atoms with Crippen LogP contribution in [0.4, 0.5) is 11.4 Å². The maximum atomic E-state index is 9.87. The van der Waals surface area contributed by atoms with Gasteiger partial charge < -0.3 is 16.1 Å². The van der Waals surface area contributed by atoms with Gasteiger partial charge in [-0.15, -0.1) is 5.53 Å². The van der Waals surface area contributed by atoms with Crippen LogP contribution in [-0.4, -0.2) is 64.2 Å². The van der Waals surface area contributed by atoms with Crippen molar-refractivity contribution in [1.82, 2.24) is 25.9 Å². The fourth-order valence-electron chi connectivity index (χ4n) is 5.56. The van der Waals surface area contributed by atoms with E-state index in [0.29, 0.717) is 22.1 Å². The number of hydrogen-bond acceptors (Lipinski definition) is 8. The number of nitrogens with one attached hydrogen (secondary N) is 4. The van der Waals surface area contributed by atoms with Gasteiger partial charge in [-0.05, 0) is 70.1 Å². The molecule has 3 heterocycles. The molecule has 10 heteroatoms. The van der Waals surface area contributed by atoms with Crippen LogP contribution < -0.4 is 21.6 Å². The van der Waals surface area contributed by atoms with Crippen molar-refractivity contribution in [2.75, 3.05) is 48.4 Å². The lowest BCUT2D eigenvalue weighted by Gasteiger charge is -2.42. The number of anilines is 2. The molecule has 2 aliphatic heterocycles. The number of hydrogen-bond donors (Lipinski definition) is 4. The van der Waals surface area contributed by atoms with Crippen LogP contribution in [0, 0.1) is 11.3 Å². The van der Waals surface area contributed by atoms with E-state index in [-0.39, 0.29) is 11.6 Å². The summed E-state index contributed by atoms with van der Waals surface area (Å²) < 4.78 is 0. The molecule has 0 unspecified atom stereocenters. The number of hydrazine groups is 2. The molecule has 1 saturated heterocycles. The monoisotopic (exact) mass is 606 g/mol. The zero-order valence-corrected chi connectivity index (χ0v) is 27.0. The number of nitrogens with zero attached hydrogens (tertiary/aromatic N) is 4. The molecule has 1 atom stereocenters. The van der Waals surface area contributed by atoms with Crippen LogP contribution in [0.2, 0.25) is 5.02 Å². The Labute approximate surface area is 256 Å². The van der Waals surface area contributed by atoms with E-state index in [2.05, 4.69) is 113 Å². The van der Waals surface area contributed by atoms with Gasteiger partial charge in [-0.1, -0.05) is 41.9 Å². The van der Waals surface area contributed by atoms with Crippen LogP contribution in [-0.2, 0) is 0 Å². The first-order chi connectivity index (χ1) is 19.9. The van der Waals surface area contributed by atoms with Crippen LogP contribution in [0.15, 0.2) is 60.6 Å². The number of halogens is 1. The van der Waals surface area contributed by atoms with Gasteiger partial charge in [0.1, 0.15) is 6.07 Å². The van der Waals surface area contributed by atoms with E-state index in [9.17, 15) is 5.26 Å². The second-order valence-corrected chi connectivity index (χ2v) is 17.9. The van der Waals surface area contributed by atoms with Gasteiger partial charge in [0.05, 0.1) is 33.5 Å². The topological polar surface area (TPSA) is 91.3 Å². The maximum absolute atomic E-state index is 9.87. The van der Waals surface area contributed by atoms with E-state index in [1.807, 2.05) is 18.2 Å². The summed E-state index contributed by atoms with van der Waals surface area (Å²) in [5.41, 5.74) is 12.0. The second-order valence-electron chi connectivity index (χ2n) is 13.0. The number of aromatic nitrogens is 1. The third kappa shape index (κ3) is 6.90. The van der Waals surface area contributed by atoms with Gasteiger partial charge in [0.2, 0.25) is 0 Å². The minimum Gasteiger partial charge on any atom is -0.376 e. The molecule has 1 aromatic heterocycles. The van der Waals surface area contributed by atoms with E-state index < -0.39 is 10.0 Å². The predicted octanol–water partition coefficient (Wildman–Crippen LogP) is 6.41. The van der Waals surface area contributed by atoms with Crippen molar-refractivity contribution < 1.29 is 0 Å². The molecule has 2 aromatic carbocycles. The third-order valence-corrected chi connectivity index (χ3v) is 9.19. The number of pyridine rings is 1. The lowest BCUT2D eigenvalue weighted by atomic mass is 9.98. The van der Waals surface area contributed by atoms with Crippen molar-refractivity contribution in [3.05, 3.63) is 76.7 Å². The Morgan fingerprint density at radius 3 is 2.50 bits per heavy atom. The molecule has 42 heavy (non-hydrogen) atoms. The lowest BCUT2D eigenvalue weighted by Crippen LogP contribution is -2.52. The number of rotatable bonds is 8. The molecule has 0 aliphatic carbocycles. The van der Waals surface area contributed by atoms with E-state index >= 15 is 0 Å². The molecule has 0 spiro atoms. The van der Waals surface area contributed by atoms with Gasteiger partial charge in [-0.3, -0.25) is 14.9 Å². The average molecular weight is 607 g/mol. The molecule has 0 bridgehead atoms. The summed E-state index contributed by atoms with van der Waals surface area (Å²) in [7, 11) is -0.847. The molecule has 4 N–H and O–H groups in total. The Balaban J connectivity index is 1.45. The molecule has 0 saturated carbocycles. The van der Waals surface area contributed by atoms with E-state index in [1.165, 1.54) is 0 Å². The quantitative estimate of drug-likeness (QED) is 0.234. The minimum atomic E-state index is -0.847. The minimum absolute atomic E-state index is 0.158. The highest BCUT2D eigenvalue weighted by Crippen LogP contribution is 2.39. The molecule has 3 aromatic rings. The highest BCUT2D eigenvalue weighted by Gasteiger charge is 2.32. The summed E-state index contributed by atoms with van der Waals surface area (Å²) in [6.07, 6.45) is 12.7. The van der Waals surface area contributed by atoms with Crippen molar-refractivity contribution in [2.45, 2.75) is 51.2 Å². The first-order valence-electron chi connectivity index (χ1n) is 14.4. The Bertz CT molecular complexity index is 1480. The molecule has 1 fully saturated rings. The van der Waals surface area contributed by atoms with E-state index in [0.717, 1.165) is 59.8 Å². The lowest BCUT2D eigenvalue weighted by molar-refractivity contribution is 0.0570. The maximum Gasteiger partial charge on any atom is 0.103 e. The molecule has 224 valence electrons. The molecular formula is C32H43ClN8S. The van der Waals surface area contributed by atoms with Gasteiger partial charge in [-0.2, -0.15) is 5.26 Å². The van der Waals surface area contributed by atoms with Gasteiger partial charge in [0.25, 0.3) is 0 Å². The largest absolute Gasteiger partial charge is 0.376 e. The van der Waals surface area contributed by atoms with E-state index in [4.69, 9.17) is 11.6 Å². The zero-order chi connectivity index (χ0) is 30.1. The number of piperidine rings is 1. The Morgan fingerprint density at radius 1 is 1.14 bits per heavy atom. The normalized spacial score (nSPS) is 17.9. The van der Waals surface area contributed by atoms with Gasteiger partial charge in [0.15, 0.2) is 0 Å². The summed E-state index contributed by atoms with van der Waals surface area (Å²) in [6.45, 7) is 9.03. The zero-order valence-electron chi connectivity index (χ0n) is 25.5. The summed E-state index contributed by atoms with van der Waals surface area (Å²) in [6, 6.07) is 16.9. The Hall–Kier alpha value is -3.16. The second kappa shape index (κ2) is 12.2. The van der Waals surface area contributed by atoms with Crippen LogP contribution >= 0.6 is 21.6 Å². The average Bonchev–Trinajstić information content (AvgIpc) is 3.44. The Kier molecular flexibility index (Phi) is 8.81. The van der Waals surface area contributed by atoms with Gasteiger partial charge >= 0.3 is 0 Å². The van der Waals surface area contributed by atoms with E-state index in [1.54, 1.807) is 6.20 Å². The number of benzene rings is 2. The molecular weight excluding hydrogens is 564 g/mol. The first-order valence-corrected chi connectivity index (χ1v) is 17.8. The highest BCUT2D eigenvalue weighted by atomic mass is 35.5. The summed E-state index contributed by atoms with van der Waals surface area (Å²) in [5.74, 6) is 0.787. The highest BCUT2D eigenvalue weighted by molar-refractivity contribution is 8.32. The fraction of sp³-hybridized carbons (Fsp3) is 0.438. The molecule has 0 amide bonds. The van der Waals surface area contributed by atoms with Gasteiger partial charge in [-0.25, -0.2) is 10.0 Å². The van der Waals surface area contributed by atoms with Crippen LogP contribution in [0.3, 0.4) is 0 Å². The fourth-order valence-corrected chi connectivity index (χ4v) is 6.41. The van der Waals surface area contributed by atoms with Gasteiger partial charge in [0, 0.05) is 54.0 Å². The Morgan fingerprint density at radius 2 is 1.86 bits per heavy atom. The van der Waals surface area contributed by atoms with Crippen molar-refractivity contribution in [3.8, 4) is 6.07 Å².